The summed E-state index contributed by atoms with van der Waals surface area (Å²) < 4.78 is 0. The van der Waals surface area contributed by atoms with Crippen LogP contribution in [0.5, 0.6) is 0 Å². The highest BCUT2D eigenvalue weighted by Gasteiger charge is 2.16. The Hall–Kier alpha value is -2.16. The summed E-state index contributed by atoms with van der Waals surface area (Å²) in [6.07, 6.45) is 5.51. The molecule has 1 heterocycles. The number of aryl methyl sites for hydroxylation is 2. The van der Waals surface area contributed by atoms with Crippen LogP contribution in [-0.2, 0) is 32.4 Å². The van der Waals surface area contributed by atoms with E-state index in [4.69, 9.17) is 11.6 Å². The van der Waals surface area contributed by atoms with Crippen molar-refractivity contribution in [2.75, 3.05) is 6.54 Å². The molecule has 0 N–H and O–H groups in total. The van der Waals surface area contributed by atoms with E-state index in [9.17, 15) is 0 Å². The van der Waals surface area contributed by atoms with E-state index in [2.05, 4.69) is 76.6 Å². The van der Waals surface area contributed by atoms with Crippen LogP contribution in [0.1, 0.15) is 40.8 Å². The van der Waals surface area contributed by atoms with E-state index in [1.165, 1.54) is 28.7 Å². The van der Waals surface area contributed by atoms with Crippen LogP contribution < -0.4 is 0 Å². The van der Waals surface area contributed by atoms with E-state index in [1.54, 1.807) is 0 Å². The van der Waals surface area contributed by atoms with Gasteiger partial charge in [-0.1, -0.05) is 72.3 Å². The van der Waals surface area contributed by atoms with Crippen molar-refractivity contribution in [2.45, 2.75) is 45.2 Å². The molecule has 0 unspecified atom stereocenters. The Labute approximate surface area is 173 Å². The van der Waals surface area contributed by atoms with Gasteiger partial charge >= 0.3 is 0 Å². The largest absolute Gasteiger partial charge is 0.295 e. The molecule has 0 aliphatic heterocycles. The molecule has 0 amide bonds. The van der Waals surface area contributed by atoms with Crippen LogP contribution in [0.25, 0.3) is 0 Å². The van der Waals surface area contributed by atoms with E-state index in [0.717, 1.165) is 56.2 Å². The first-order chi connectivity index (χ1) is 13.8. The molecule has 3 heteroatoms. The summed E-state index contributed by atoms with van der Waals surface area (Å²) >= 11 is 6.41. The standard InChI is InChI=1S/C25H27ClN2/c26-25-24-15-7-13-22(24)17-23(27-25)14-8-16-28(18-20-9-3-1-4-10-20)19-21-11-5-2-6-12-21/h1-6,9-12,17H,7-8,13-16,18-19H2. The maximum atomic E-state index is 6.41. The van der Waals surface area contributed by atoms with E-state index in [-0.39, 0.29) is 0 Å². The molecule has 0 atom stereocenters. The number of pyridine rings is 1. The van der Waals surface area contributed by atoms with Crippen molar-refractivity contribution in [1.29, 1.82) is 0 Å². The Morgan fingerprint density at radius 1 is 0.857 bits per heavy atom. The minimum atomic E-state index is 0.732. The third-order valence-electron chi connectivity index (χ3n) is 5.50. The first-order valence-corrected chi connectivity index (χ1v) is 10.6. The molecule has 0 saturated carbocycles. The topological polar surface area (TPSA) is 16.1 Å². The van der Waals surface area contributed by atoms with Crippen LogP contribution in [0, 0.1) is 0 Å². The summed E-state index contributed by atoms with van der Waals surface area (Å²) in [5, 5.41) is 0.732. The summed E-state index contributed by atoms with van der Waals surface area (Å²) in [6.45, 7) is 2.97. The van der Waals surface area contributed by atoms with Gasteiger partial charge in [-0.15, -0.1) is 0 Å². The SMILES string of the molecule is Clc1nc(CCCN(Cc2ccccc2)Cc2ccccc2)cc2c1CCC2. The minimum Gasteiger partial charge on any atom is -0.295 e. The zero-order chi connectivity index (χ0) is 19.2. The third kappa shape index (κ3) is 5.01. The number of halogens is 1. The van der Waals surface area contributed by atoms with Gasteiger partial charge in [0.1, 0.15) is 5.15 Å². The lowest BCUT2D eigenvalue weighted by molar-refractivity contribution is 0.253. The molecular formula is C25H27ClN2. The highest BCUT2D eigenvalue weighted by Crippen LogP contribution is 2.28. The molecule has 3 aromatic rings. The maximum absolute atomic E-state index is 6.41. The molecule has 2 aromatic carbocycles. The zero-order valence-corrected chi connectivity index (χ0v) is 17.0. The predicted octanol–water partition coefficient (Wildman–Crippen LogP) is 5.86. The lowest BCUT2D eigenvalue weighted by atomic mass is 10.1. The summed E-state index contributed by atoms with van der Waals surface area (Å²) in [7, 11) is 0. The molecule has 0 radical (unpaired) electrons. The second kappa shape index (κ2) is 9.36. The van der Waals surface area contributed by atoms with Crippen molar-refractivity contribution < 1.29 is 0 Å². The molecular weight excluding hydrogens is 364 g/mol. The molecule has 1 aliphatic carbocycles. The molecule has 0 spiro atoms. The Morgan fingerprint density at radius 2 is 1.50 bits per heavy atom. The van der Waals surface area contributed by atoms with Crippen molar-refractivity contribution in [3.8, 4) is 0 Å². The number of benzene rings is 2. The Bertz CT molecular complexity index is 852. The lowest BCUT2D eigenvalue weighted by Crippen LogP contribution is -2.24. The summed E-state index contributed by atoms with van der Waals surface area (Å²) in [5.41, 5.74) is 6.56. The van der Waals surface area contributed by atoms with Gasteiger partial charge in [-0.25, -0.2) is 4.98 Å². The van der Waals surface area contributed by atoms with Crippen molar-refractivity contribution in [3.05, 3.63) is 99.8 Å². The molecule has 4 rings (SSSR count). The summed E-state index contributed by atoms with van der Waals surface area (Å²) in [4.78, 5) is 7.18. The highest BCUT2D eigenvalue weighted by molar-refractivity contribution is 6.30. The third-order valence-corrected chi connectivity index (χ3v) is 5.81. The van der Waals surface area contributed by atoms with Gasteiger partial charge in [-0.05, 0) is 67.0 Å². The number of fused-ring (bicyclic) bond motifs is 1. The van der Waals surface area contributed by atoms with Crippen LogP contribution in [0.3, 0.4) is 0 Å². The normalized spacial score (nSPS) is 13.1. The smallest absolute Gasteiger partial charge is 0.132 e. The fourth-order valence-electron chi connectivity index (χ4n) is 4.10. The van der Waals surface area contributed by atoms with Crippen LogP contribution in [0.15, 0.2) is 66.7 Å². The van der Waals surface area contributed by atoms with Crippen molar-refractivity contribution in [2.24, 2.45) is 0 Å². The van der Waals surface area contributed by atoms with E-state index >= 15 is 0 Å². The molecule has 1 aromatic heterocycles. The molecule has 0 saturated heterocycles. The van der Waals surface area contributed by atoms with Gasteiger partial charge in [0.2, 0.25) is 0 Å². The quantitative estimate of drug-likeness (QED) is 0.448. The predicted molar refractivity (Wildman–Crippen MR) is 117 cm³/mol. The van der Waals surface area contributed by atoms with Gasteiger partial charge in [0.15, 0.2) is 0 Å². The number of aromatic nitrogens is 1. The van der Waals surface area contributed by atoms with Gasteiger partial charge in [-0.2, -0.15) is 0 Å². The molecule has 144 valence electrons. The molecule has 1 aliphatic rings. The average Bonchev–Trinajstić information content (AvgIpc) is 3.19. The molecule has 0 fully saturated rings. The van der Waals surface area contributed by atoms with Gasteiger partial charge in [0.05, 0.1) is 0 Å². The second-order valence-corrected chi connectivity index (χ2v) is 8.04. The number of nitrogens with zero attached hydrogens (tertiary/aromatic N) is 2. The van der Waals surface area contributed by atoms with Crippen molar-refractivity contribution in [3.63, 3.8) is 0 Å². The number of hydrogen-bond donors (Lipinski definition) is 0. The van der Waals surface area contributed by atoms with E-state index in [1.807, 2.05) is 0 Å². The van der Waals surface area contributed by atoms with Gasteiger partial charge in [0.25, 0.3) is 0 Å². The molecule has 28 heavy (non-hydrogen) atoms. The Balaban J connectivity index is 1.40. The van der Waals surface area contributed by atoms with Crippen LogP contribution >= 0.6 is 11.6 Å². The summed E-state index contributed by atoms with van der Waals surface area (Å²) in [5.74, 6) is 0. The zero-order valence-electron chi connectivity index (χ0n) is 16.3. The number of rotatable bonds is 8. The lowest BCUT2D eigenvalue weighted by Gasteiger charge is -2.22. The highest BCUT2D eigenvalue weighted by atomic mass is 35.5. The molecule has 0 bridgehead atoms. The Kier molecular flexibility index (Phi) is 6.41. The first kappa shape index (κ1) is 19.2. The Morgan fingerprint density at radius 3 is 2.14 bits per heavy atom. The van der Waals surface area contributed by atoms with Crippen LogP contribution in [0.2, 0.25) is 5.15 Å². The minimum absolute atomic E-state index is 0.732. The molecule has 2 nitrogen and oxygen atoms in total. The van der Waals surface area contributed by atoms with Crippen molar-refractivity contribution in [1.82, 2.24) is 9.88 Å². The van der Waals surface area contributed by atoms with Crippen LogP contribution in [-0.4, -0.2) is 16.4 Å². The maximum Gasteiger partial charge on any atom is 0.132 e. The fraction of sp³-hybridized carbons (Fsp3) is 0.320. The number of hydrogen-bond acceptors (Lipinski definition) is 2. The first-order valence-electron chi connectivity index (χ1n) is 10.3. The average molecular weight is 391 g/mol. The van der Waals surface area contributed by atoms with Crippen molar-refractivity contribution >= 4 is 11.6 Å². The van der Waals surface area contributed by atoms with Gasteiger partial charge in [0, 0.05) is 18.8 Å². The fourth-order valence-corrected chi connectivity index (χ4v) is 4.42. The van der Waals surface area contributed by atoms with Gasteiger partial charge in [-0.3, -0.25) is 4.90 Å². The monoisotopic (exact) mass is 390 g/mol. The summed E-state index contributed by atoms with van der Waals surface area (Å²) in [6, 6.07) is 23.7. The van der Waals surface area contributed by atoms with Crippen LogP contribution in [0.4, 0.5) is 0 Å². The van der Waals surface area contributed by atoms with E-state index < -0.39 is 0 Å². The van der Waals surface area contributed by atoms with Gasteiger partial charge < -0.3 is 0 Å². The van der Waals surface area contributed by atoms with E-state index in [0.29, 0.717) is 0 Å². The second-order valence-electron chi connectivity index (χ2n) is 7.68.